The number of ether oxygens (including phenoxy) is 1. The van der Waals surface area contributed by atoms with Gasteiger partial charge in [-0.2, -0.15) is 0 Å². The molecular formula is C15H13BrCl2O2. The van der Waals surface area contributed by atoms with E-state index in [2.05, 4.69) is 15.9 Å². The summed E-state index contributed by atoms with van der Waals surface area (Å²) in [6.45, 7) is 2.51. The van der Waals surface area contributed by atoms with E-state index in [1.165, 1.54) is 0 Å². The van der Waals surface area contributed by atoms with E-state index in [0.717, 1.165) is 15.8 Å². The first-order valence-corrected chi connectivity index (χ1v) is 7.63. The van der Waals surface area contributed by atoms with Gasteiger partial charge in [-0.05, 0) is 58.2 Å². The fourth-order valence-corrected chi connectivity index (χ4v) is 2.65. The smallest absolute Gasteiger partial charge is 0.133 e. The van der Waals surface area contributed by atoms with Gasteiger partial charge in [0.05, 0.1) is 21.1 Å². The van der Waals surface area contributed by atoms with Crippen LogP contribution in [0.1, 0.15) is 24.2 Å². The predicted octanol–water partition coefficient (Wildman–Crippen LogP) is 5.24. The molecule has 5 heteroatoms. The molecule has 0 amide bonds. The summed E-state index contributed by atoms with van der Waals surface area (Å²) in [5.41, 5.74) is 1.44. The molecule has 1 unspecified atom stereocenters. The number of benzene rings is 2. The molecule has 0 aliphatic carbocycles. The molecule has 0 radical (unpaired) electrons. The average molecular weight is 376 g/mol. The average Bonchev–Trinajstić information content (AvgIpc) is 2.43. The van der Waals surface area contributed by atoms with Gasteiger partial charge >= 0.3 is 0 Å². The molecule has 1 N–H and O–H groups in total. The lowest BCUT2D eigenvalue weighted by Crippen LogP contribution is -2.01. The van der Waals surface area contributed by atoms with Crippen molar-refractivity contribution in [2.24, 2.45) is 0 Å². The van der Waals surface area contributed by atoms with Gasteiger partial charge in [0.15, 0.2) is 0 Å². The third kappa shape index (κ3) is 3.47. The van der Waals surface area contributed by atoms with Crippen LogP contribution in [0.5, 0.6) is 5.75 Å². The quantitative estimate of drug-likeness (QED) is 0.792. The van der Waals surface area contributed by atoms with Crippen LogP contribution in [0.25, 0.3) is 0 Å². The zero-order valence-corrected chi connectivity index (χ0v) is 13.8. The Kier molecular flexibility index (Phi) is 5.33. The largest absolute Gasteiger partial charge is 0.493 e. The van der Waals surface area contributed by atoms with Crippen LogP contribution in [-0.4, -0.2) is 11.7 Å². The maximum atomic E-state index is 10.4. The van der Waals surface area contributed by atoms with Gasteiger partial charge in [0.25, 0.3) is 0 Å². The fraction of sp³-hybridized carbons (Fsp3) is 0.200. The van der Waals surface area contributed by atoms with E-state index in [4.69, 9.17) is 27.9 Å². The molecule has 0 saturated carbocycles. The summed E-state index contributed by atoms with van der Waals surface area (Å²) in [7, 11) is 0. The Balaban J connectivity index is 2.30. The fourth-order valence-electron chi connectivity index (χ4n) is 1.83. The molecule has 0 saturated heterocycles. The van der Waals surface area contributed by atoms with Crippen LogP contribution >= 0.6 is 39.1 Å². The van der Waals surface area contributed by atoms with Crippen molar-refractivity contribution in [2.75, 3.05) is 6.61 Å². The van der Waals surface area contributed by atoms with E-state index in [-0.39, 0.29) is 0 Å². The number of aliphatic hydroxyl groups excluding tert-OH is 1. The first-order valence-electron chi connectivity index (χ1n) is 6.08. The van der Waals surface area contributed by atoms with Gasteiger partial charge in [0.2, 0.25) is 0 Å². The van der Waals surface area contributed by atoms with Crippen LogP contribution < -0.4 is 4.74 Å². The lowest BCUT2D eigenvalue weighted by molar-refractivity contribution is 0.220. The summed E-state index contributed by atoms with van der Waals surface area (Å²) >= 11 is 15.3. The third-order valence-electron chi connectivity index (χ3n) is 2.83. The summed E-state index contributed by atoms with van der Waals surface area (Å²) in [4.78, 5) is 0. The molecule has 0 fully saturated rings. The van der Waals surface area contributed by atoms with E-state index in [1.807, 2.05) is 25.1 Å². The molecule has 2 aromatic rings. The third-order valence-corrected chi connectivity index (χ3v) is 4.19. The van der Waals surface area contributed by atoms with Crippen molar-refractivity contribution in [3.8, 4) is 5.75 Å². The summed E-state index contributed by atoms with van der Waals surface area (Å²) in [5, 5.41) is 11.3. The van der Waals surface area contributed by atoms with E-state index in [0.29, 0.717) is 22.2 Å². The van der Waals surface area contributed by atoms with Crippen LogP contribution in [0, 0.1) is 0 Å². The maximum Gasteiger partial charge on any atom is 0.133 e. The zero-order chi connectivity index (χ0) is 14.7. The standard InChI is InChI=1S/C15H13BrCl2O2/c1-2-20-14-6-4-9(7-11(14)16)15(19)10-3-5-12(17)13(18)8-10/h3-8,15,19H,2H2,1H3. The van der Waals surface area contributed by atoms with Crippen LogP contribution in [-0.2, 0) is 0 Å². The molecule has 1 atom stereocenters. The number of aliphatic hydroxyl groups is 1. The molecule has 0 aliphatic heterocycles. The highest BCUT2D eigenvalue weighted by Crippen LogP contribution is 2.32. The SMILES string of the molecule is CCOc1ccc(C(O)c2ccc(Cl)c(Cl)c2)cc1Br. The Morgan fingerprint density at radius 2 is 1.75 bits per heavy atom. The van der Waals surface area contributed by atoms with Gasteiger partial charge in [0.1, 0.15) is 11.9 Å². The highest BCUT2D eigenvalue weighted by Gasteiger charge is 2.14. The molecule has 0 spiro atoms. The lowest BCUT2D eigenvalue weighted by Gasteiger charge is -2.14. The Hall–Kier alpha value is -0.740. The van der Waals surface area contributed by atoms with E-state index in [9.17, 15) is 5.11 Å². The van der Waals surface area contributed by atoms with Crippen molar-refractivity contribution in [1.82, 2.24) is 0 Å². The van der Waals surface area contributed by atoms with Crippen LogP contribution in [0.2, 0.25) is 10.0 Å². The van der Waals surface area contributed by atoms with Crippen molar-refractivity contribution < 1.29 is 9.84 Å². The minimum atomic E-state index is -0.767. The second kappa shape index (κ2) is 6.81. The van der Waals surface area contributed by atoms with Gasteiger partial charge in [0, 0.05) is 0 Å². The predicted molar refractivity (Wildman–Crippen MR) is 85.8 cm³/mol. The monoisotopic (exact) mass is 374 g/mol. The summed E-state index contributed by atoms with van der Waals surface area (Å²) in [6, 6.07) is 10.6. The van der Waals surface area contributed by atoms with Crippen molar-refractivity contribution in [2.45, 2.75) is 13.0 Å². The topological polar surface area (TPSA) is 29.5 Å². The molecule has 20 heavy (non-hydrogen) atoms. The van der Waals surface area contributed by atoms with Gasteiger partial charge in [-0.3, -0.25) is 0 Å². The molecular weight excluding hydrogens is 363 g/mol. The van der Waals surface area contributed by atoms with Crippen molar-refractivity contribution >= 4 is 39.1 Å². The molecule has 106 valence electrons. The number of halogens is 3. The lowest BCUT2D eigenvalue weighted by atomic mass is 10.0. The number of hydrogen-bond donors (Lipinski definition) is 1. The minimum absolute atomic E-state index is 0.424. The van der Waals surface area contributed by atoms with Gasteiger partial charge < -0.3 is 9.84 Å². The van der Waals surface area contributed by atoms with Crippen LogP contribution in [0.3, 0.4) is 0 Å². The first-order chi connectivity index (χ1) is 9.52. The van der Waals surface area contributed by atoms with E-state index < -0.39 is 6.10 Å². The van der Waals surface area contributed by atoms with Crippen LogP contribution in [0.15, 0.2) is 40.9 Å². The Morgan fingerprint density at radius 1 is 1.10 bits per heavy atom. The Labute approximate surface area is 136 Å². The maximum absolute atomic E-state index is 10.4. The van der Waals surface area contributed by atoms with Gasteiger partial charge in [-0.1, -0.05) is 35.3 Å². The molecule has 0 aromatic heterocycles. The van der Waals surface area contributed by atoms with Crippen molar-refractivity contribution in [3.63, 3.8) is 0 Å². The van der Waals surface area contributed by atoms with Gasteiger partial charge in [-0.25, -0.2) is 0 Å². The number of hydrogen-bond acceptors (Lipinski definition) is 2. The Bertz CT molecular complexity index is 617. The van der Waals surface area contributed by atoms with Crippen molar-refractivity contribution in [1.29, 1.82) is 0 Å². The second-order valence-corrected chi connectivity index (χ2v) is 5.87. The summed E-state index contributed by atoms with van der Waals surface area (Å²) < 4.78 is 6.25. The Morgan fingerprint density at radius 3 is 2.35 bits per heavy atom. The molecule has 2 aromatic carbocycles. The molecule has 2 rings (SSSR count). The van der Waals surface area contributed by atoms with E-state index >= 15 is 0 Å². The van der Waals surface area contributed by atoms with Gasteiger partial charge in [-0.15, -0.1) is 0 Å². The summed E-state index contributed by atoms with van der Waals surface area (Å²) in [5.74, 6) is 0.748. The first kappa shape index (κ1) is 15.6. The zero-order valence-electron chi connectivity index (χ0n) is 10.7. The molecule has 0 aliphatic rings. The normalized spacial score (nSPS) is 12.2. The number of rotatable bonds is 4. The molecule has 2 nitrogen and oxygen atoms in total. The summed E-state index contributed by atoms with van der Waals surface area (Å²) in [6.07, 6.45) is -0.767. The van der Waals surface area contributed by atoms with Crippen LogP contribution in [0.4, 0.5) is 0 Å². The minimum Gasteiger partial charge on any atom is -0.493 e. The molecule has 0 heterocycles. The van der Waals surface area contributed by atoms with E-state index in [1.54, 1.807) is 18.2 Å². The molecule has 0 bridgehead atoms. The highest BCUT2D eigenvalue weighted by atomic mass is 79.9. The second-order valence-electron chi connectivity index (χ2n) is 4.20. The van der Waals surface area contributed by atoms with Crippen molar-refractivity contribution in [3.05, 3.63) is 62.0 Å². The highest BCUT2D eigenvalue weighted by molar-refractivity contribution is 9.10.